The number of carboxylic acid groups (broad SMARTS) is 3. The van der Waals surface area contributed by atoms with Gasteiger partial charge in [0.15, 0.2) is 0 Å². The molecule has 0 spiro atoms. The molecule has 0 unspecified atom stereocenters. The molecule has 32 heteroatoms. The Hall–Kier alpha value is -8.91. The number of carbonyl (C=O) groups excluding carboxylic acids is 11. The second kappa shape index (κ2) is 37.5. The van der Waals surface area contributed by atoms with Gasteiger partial charge < -0.3 is 91.2 Å². The molecule has 0 fully saturated rings. The van der Waals surface area contributed by atoms with Gasteiger partial charge in [-0.25, -0.2) is 4.79 Å². The summed E-state index contributed by atoms with van der Waals surface area (Å²) in [4.78, 5) is 184. The monoisotopic (exact) mass is 1240 g/mol. The standard InChI is InChI=1S/C55H81N13O18S/c1-27(2)20-35(49(79)63-37(24-41(58)70)51(81)60-33(12-8-9-19-56)47(77)61-34(17-18-43(72)73)48(78)66-39(55(85)86)22-29-10-6-5-7-11-29)65-54(84)45(28(3)4)68-52(82)38(25-42(59)71)64-53(83)40(26-87)67-50(80)36(21-30-13-15-31(69)16-14-30)62-46(76)32(57)23-44(74)75/h5-7,10-11,13-16,27-28,32-40,45,69,87H,8-9,12,17-26,56-57H2,1-4H3,(H2,58,70)(H2,59,71)(H,60,81)(H,61,77)(H,62,76)(H,63,79)(H,64,83)(H,65,84)(H,66,78)(H,67,80)(H,68,82)(H,72,73)(H,74,75)(H,85,86)/t32-,33-,34-,35-,36-,37-,38-,39-,40-,45-/m0/s1. The van der Waals surface area contributed by atoms with E-state index in [4.69, 9.17) is 28.0 Å². The fourth-order valence-corrected chi connectivity index (χ4v) is 8.64. The zero-order valence-electron chi connectivity index (χ0n) is 48.6. The maximum Gasteiger partial charge on any atom is 0.326 e. The average Bonchev–Trinajstić information content (AvgIpc) is 3.35. The quantitative estimate of drug-likeness (QED) is 0.0222. The van der Waals surface area contributed by atoms with Crippen molar-refractivity contribution in [3.8, 4) is 5.75 Å². The van der Waals surface area contributed by atoms with Gasteiger partial charge in [0.25, 0.3) is 0 Å². The molecule has 0 aliphatic heterocycles. The van der Waals surface area contributed by atoms with E-state index in [1.807, 2.05) is 0 Å². The van der Waals surface area contributed by atoms with Crippen LogP contribution in [0.5, 0.6) is 5.75 Å². The maximum absolute atomic E-state index is 14.2. The van der Waals surface area contributed by atoms with Crippen molar-refractivity contribution in [1.82, 2.24) is 47.9 Å². The SMILES string of the molecule is CC(C)C[C@H](NC(=O)[C@@H](NC(=O)[C@H](CC(N)=O)NC(=O)[C@H](CS)NC(=O)[C@H](Cc1ccc(O)cc1)NC(=O)[C@@H](N)CC(=O)O)C(C)C)C(=O)N[C@@H](CC(N)=O)C(=O)N[C@@H](CCCCN)C(=O)N[C@@H](CCC(=O)O)C(=O)N[C@@H](Cc1ccccc1)C(=O)O. The molecule has 0 heterocycles. The predicted molar refractivity (Wildman–Crippen MR) is 313 cm³/mol. The molecule has 31 nitrogen and oxygen atoms in total. The summed E-state index contributed by atoms with van der Waals surface area (Å²) in [6, 6.07) is -2.45. The van der Waals surface area contributed by atoms with E-state index < -0.39 is 187 Å². The van der Waals surface area contributed by atoms with E-state index in [0.29, 0.717) is 17.5 Å². The number of thiol groups is 1. The second-order valence-corrected chi connectivity index (χ2v) is 21.6. The summed E-state index contributed by atoms with van der Waals surface area (Å²) in [5.41, 5.74) is 23.3. The third-order valence-electron chi connectivity index (χ3n) is 13.0. The molecule has 2 rings (SSSR count). The Kier molecular flexibility index (Phi) is 32.0. The number of benzene rings is 2. The van der Waals surface area contributed by atoms with Crippen LogP contribution >= 0.6 is 12.6 Å². The molecule has 21 N–H and O–H groups in total. The smallest absolute Gasteiger partial charge is 0.326 e. The number of hydrogen-bond acceptors (Lipinski definition) is 18. The minimum atomic E-state index is -1.83. The van der Waals surface area contributed by atoms with Crippen LogP contribution < -0.4 is 70.8 Å². The van der Waals surface area contributed by atoms with E-state index in [9.17, 15) is 82.4 Å². The summed E-state index contributed by atoms with van der Waals surface area (Å²) in [6.07, 6.45) is -3.93. The Morgan fingerprint density at radius 1 is 0.471 bits per heavy atom. The summed E-state index contributed by atoms with van der Waals surface area (Å²) in [6.45, 7) is 6.46. The molecule has 0 bridgehead atoms. The van der Waals surface area contributed by atoms with E-state index in [1.165, 1.54) is 38.1 Å². The van der Waals surface area contributed by atoms with Gasteiger partial charge in [0.2, 0.25) is 65.0 Å². The van der Waals surface area contributed by atoms with Crippen molar-refractivity contribution in [3.63, 3.8) is 0 Å². The van der Waals surface area contributed by atoms with E-state index in [1.54, 1.807) is 44.2 Å². The number of amides is 11. The molecule has 0 aliphatic rings. The van der Waals surface area contributed by atoms with Crippen molar-refractivity contribution < 1.29 is 87.5 Å². The van der Waals surface area contributed by atoms with Gasteiger partial charge in [-0.15, -0.1) is 0 Å². The normalized spacial score (nSPS) is 14.5. The van der Waals surface area contributed by atoms with Crippen LogP contribution in [0.2, 0.25) is 0 Å². The lowest BCUT2D eigenvalue weighted by molar-refractivity contribution is -0.143. The van der Waals surface area contributed by atoms with Crippen molar-refractivity contribution in [1.29, 1.82) is 0 Å². The summed E-state index contributed by atoms with van der Waals surface area (Å²) in [5, 5.41) is 59.7. The van der Waals surface area contributed by atoms with Crippen LogP contribution in [0.1, 0.15) is 96.6 Å². The van der Waals surface area contributed by atoms with Gasteiger partial charge in [-0.1, -0.05) is 70.2 Å². The lowest BCUT2D eigenvalue weighted by atomic mass is 9.99. The highest BCUT2D eigenvalue weighted by Gasteiger charge is 2.37. The summed E-state index contributed by atoms with van der Waals surface area (Å²) in [5.74, 6) is -17.8. The third kappa shape index (κ3) is 27.8. The van der Waals surface area contributed by atoms with Crippen LogP contribution in [-0.2, 0) is 80.0 Å². The molecule has 0 aromatic heterocycles. The molecule has 0 saturated heterocycles. The summed E-state index contributed by atoms with van der Waals surface area (Å²) < 4.78 is 0. The summed E-state index contributed by atoms with van der Waals surface area (Å²) in [7, 11) is 0. The van der Waals surface area contributed by atoms with Crippen molar-refractivity contribution >= 4 is 95.5 Å². The van der Waals surface area contributed by atoms with Crippen LogP contribution in [-0.4, -0.2) is 176 Å². The van der Waals surface area contributed by atoms with Crippen molar-refractivity contribution in [2.24, 2.45) is 34.8 Å². The number of rotatable bonds is 40. The van der Waals surface area contributed by atoms with Gasteiger partial charge in [-0.3, -0.25) is 62.3 Å². The number of phenols is 1. The van der Waals surface area contributed by atoms with Crippen LogP contribution in [0, 0.1) is 11.8 Å². The first-order valence-electron chi connectivity index (χ1n) is 27.7. The molecule has 2 aromatic carbocycles. The van der Waals surface area contributed by atoms with Crippen molar-refractivity contribution in [2.75, 3.05) is 12.3 Å². The number of carboxylic acids is 3. The number of unbranched alkanes of at least 4 members (excludes halogenated alkanes) is 1. The number of aromatic hydroxyl groups is 1. The number of nitrogens with two attached hydrogens (primary N) is 4. The number of aliphatic carboxylic acids is 3. The van der Waals surface area contributed by atoms with E-state index in [2.05, 4.69) is 60.5 Å². The van der Waals surface area contributed by atoms with Gasteiger partial charge in [-0.2, -0.15) is 12.6 Å². The van der Waals surface area contributed by atoms with E-state index in [-0.39, 0.29) is 50.3 Å². The average molecular weight is 1240 g/mol. The Labute approximate surface area is 506 Å². The fraction of sp³-hybridized carbons (Fsp3) is 0.527. The van der Waals surface area contributed by atoms with Gasteiger partial charge in [0.05, 0.1) is 25.3 Å². The summed E-state index contributed by atoms with van der Waals surface area (Å²) >= 11 is 4.15. The molecule has 0 aliphatic carbocycles. The van der Waals surface area contributed by atoms with Crippen LogP contribution in [0.4, 0.5) is 0 Å². The molecule has 480 valence electrons. The fourth-order valence-electron chi connectivity index (χ4n) is 8.39. The first-order chi connectivity index (χ1) is 40.8. The minimum Gasteiger partial charge on any atom is -0.508 e. The van der Waals surface area contributed by atoms with Gasteiger partial charge in [0, 0.05) is 25.0 Å². The lowest BCUT2D eigenvalue weighted by Gasteiger charge is -2.29. The number of primary amides is 2. The minimum absolute atomic E-state index is 0.122. The lowest BCUT2D eigenvalue weighted by Crippen LogP contribution is -2.62. The zero-order chi connectivity index (χ0) is 65.7. The molecule has 10 atom stereocenters. The molecule has 0 radical (unpaired) electrons. The Bertz CT molecular complexity index is 2740. The maximum atomic E-state index is 14.2. The second-order valence-electron chi connectivity index (χ2n) is 21.2. The largest absolute Gasteiger partial charge is 0.508 e. The van der Waals surface area contributed by atoms with Crippen molar-refractivity contribution in [3.05, 3.63) is 65.7 Å². The van der Waals surface area contributed by atoms with Gasteiger partial charge in [-0.05, 0) is 73.7 Å². The molecular formula is C55H81N13O18S. The highest BCUT2D eigenvalue weighted by molar-refractivity contribution is 7.80. The number of phenolic OH excluding ortho intramolecular Hbond substituents is 1. The number of carbonyl (C=O) groups is 14. The first kappa shape index (κ1) is 74.2. The number of nitrogens with one attached hydrogen (secondary N) is 9. The Balaban J connectivity index is 2.39. The van der Waals surface area contributed by atoms with Crippen molar-refractivity contribution in [2.45, 2.75) is 159 Å². The van der Waals surface area contributed by atoms with Crippen LogP contribution in [0.25, 0.3) is 0 Å². The first-order valence-corrected chi connectivity index (χ1v) is 28.3. The Morgan fingerprint density at radius 3 is 1.38 bits per heavy atom. The predicted octanol–water partition coefficient (Wildman–Crippen LogP) is -4.20. The molecule has 11 amide bonds. The third-order valence-corrected chi connectivity index (χ3v) is 13.3. The van der Waals surface area contributed by atoms with Gasteiger partial charge in [0.1, 0.15) is 60.1 Å². The molecular weight excluding hydrogens is 1160 g/mol. The number of hydrogen-bond donors (Lipinski definition) is 18. The van der Waals surface area contributed by atoms with E-state index >= 15 is 0 Å². The highest BCUT2D eigenvalue weighted by Crippen LogP contribution is 2.15. The topological polar surface area (TPSA) is 532 Å². The highest BCUT2D eigenvalue weighted by atomic mass is 32.1. The van der Waals surface area contributed by atoms with Crippen LogP contribution in [0.15, 0.2) is 54.6 Å². The molecule has 2 aromatic rings. The van der Waals surface area contributed by atoms with Crippen LogP contribution in [0.3, 0.4) is 0 Å². The molecule has 0 saturated carbocycles. The van der Waals surface area contributed by atoms with E-state index in [0.717, 1.165) is 0 Å². The zero-order valence-corrected chi connectivity index (χ0v) is 49.5. The molecule has 87 heavy (non-hydrogen) atoms. The van der Waals surface area contributed by atoms with Gasteiger partial charge >= 0.3 is 17.9 Å². The Morgan fingerprint density at radius 2 is 0.897 bits per heavy atom.